The summed E-state index contributed by atoms with van der Waals surface area (Å²) in [6.45, 7) is 5.54. The number of pyridine rings is 1. The zero-order valence-electron chi connectivity index (χ0n) is 11.1. The smallest absolute Gasteiger partial charge is 0.0540 e. The molecule has 1 rings (SSSR count). The van der Waals surface area contributed by atoms with Gasteiger partial charge in [-0.15, -0.1) is 0 Å². The molecular formula is C13H22BrN3. The minimum Gasteiger partial charge on any atom is -0.380 e. The van der Waals surface area contributed by atoms with Crippen molar-refractivity contribution in [1.82, 2.24) is 9.88 Å². The molecule has 1 heterocycles. The molecule has 1 aromatic rings. The number of anilines is 1. The molecule has 0 fully saturated rings. The average molecular weight is 300 g/mol. The van der Waals surface area contributed by atoms with E-state index in [0.29, 0.717) is 12.0 Å². The van der Waals surface area contributed by atoms with E-state index in [1.54, 1.807) is 6.20 Å². The van der Waals surface area contributed by atoms with Gasteiger partial charge >= 0.3 is 0 Å². The zero-order chi connectivity index (χ0) is 12.8. The van der Waals surface area contributed by atoms with Crippen LogP contribution in [-0.2, 0) is 0 Å². The van der Waals surface area contributed by atoms with Crippen LogP contribution in [0.5, 0.6) is 0 Å². The molecule has 0 saturated heterocycles. The fourth-order valence-corrected chi connectivity index (χ4v) is 2.28. The summed E-state index contributed by atoms with van der Waals surface area (Å²) in [5.74, 6) is 0.688. The molecule has 0 aliphatic heterocycles. The standard InChI is InChI=1S/C13H22BrN3/c1-10(2)5-13(9-17(3)4)16-12-6-11(14)7-15-8-12/h6-8,10,13,16H,5,9H2,1-4H3. The van der Waals surface area contributed by atoms with Gasteiger partial charge in [0.05, 0.1) is 11.9 Å². The molecule has 0 aliphatic carbocycles. The minimum atomic E-state index is 0.459. The highest BCUT2D eigenvalue weighted by Gasteiger charge is 2.12. The van der Waals surface area contributed by atoms with Crippen LogP contribution in [0.15, 0.2) is 22.9 Å². The van der Waals surface area contributed by atoms with Crippen LogP contribution in [0, 0.1) is 5.92 Å². The second-order valence-electron chi connectivity index (χ2n) is 5.12. The Bertz CT molecular complexity index is 329. The van der Waals surface area contributed by atoms with E-state index in [-0.39, 0.29) is 0 Å². The van der Waals surface area contributed by atoms with Crippen LogP contribution in [0.2, 0.25) is 0 Å². The van der Waals surface area contributed by atoms with Crippen molar-refractivity contribution < 1.29 is 0 Å². The van der Waals surface area contributed by atoms with E-state index in [9.17, 15) is 0 Å². The van der Waals surface area contributed by atoms with Crippen LogP contribution >= 0.6 is 15.9 Å². The van der Waals surface area contributed by atoms with Crippen molar-refractivity contribution in [2.75, 3.05) is 26.0 Å². The molecule has 4 heteroatoms. The topological polar surface area (TPSA) is 28.2 Å². The maximum atomic E-state index is 4.17. The van der Waals surface area contributed by atoms with Gasteiger partial charge in [-0.3, -0.25) is 4.98 Å². The molecule has 1 atom stereocenters. The summed E-state index contributed by atoms with van der Waals surface area (Å²) in [4.78, 5) is 6.39. The number of nitrogens with one attached hydrogen (secondary N) is 1. The molecule has 0 aliphatic rings. The molecule has 0 amide bonds. The van der Waals surface area contributed by atoms with Gasteiger partial charge in [-0.1, -0.05) is 13.8 Å². The third-order valence-corrected chi connectivity index (χ3v) is 2.85. The lowest BCUT2D eigenvalue weighted by molar-refractivity contribution is 0.356. The molecule has 0 saturated carbocycles. The van der Waals surface area contributed by atoms with Gasteiger partial charge in [0.1, 0.15) is 0 Å². The fraction of sp³-hybridized carbons (Fsp3) is 0.615. The van der Waals surface area contributed by atoms with E-state index in [1.807, 2.05) is 6.20 Å². The van der Waals surface area contributed by atoms with Crippen molar-refractivity contribution in [3.8, 4) is 0 Å². The predicted octanol–water partition coefficient (Wildman–Crippen LogP) is 3.23. The summed E-state index contributed by atoms with van der Waals surface area (Å²) in [7, 11) is 4.21. The largest absolute Gasteiger partial charge is 0.380 e. The number of halogens is 1. The lowest BCUT2D eigenvalue weighted by Gasteiger charge is -2.24. The summed E-state index contributed by atoms with van der Waals surface area (Å²) < 4.78 is 1.01. The Morgan fingerprint density at radius 2 is 2.06 bits per heavy atom. The second-order valence-corrected chi connectivity index (χ2v) is 6.04. The van der Waals surface area contributed by atoms with Crippen LogP contribution in [0.1, 0.15) is 20.3 Å². The Balaban J connectivity index is 2.64. The van der Waals surface area contributed by atoms with Crippen LogP contribution in [0.3, 0.4) is 0 Å². The van der Waals surface area contributed by atoms with Crippen molar-refractivity contribution >= 4 is 21.6 Å². The average Bonchev–Trinajstić information content (AvgIpc) is 2.14. The number of likely N-dealkylation sites (N-methyl/N-ethyl adjacent to an activating group) is 1. The monoisotopic (exact) mass is 299 g/mol. The fourth-order valence-electron chi connectivity index (χ4n) is 1.92. The number of nitrogens with zero attached hydrogens (tertiary/aromatic N) is 2. The Kier molecular flexibility index (Phi) is 5.92. The van der Waals surface area contributed by atoms with Gasteiger partial charge in [0.15, 0.2) is 0 Å². The Hall–Kier alpha value is -0.610. The third kappa shape index (κ3) is 6.03. The van der Waals surface area contributed by atoms with Gasteiger partial charge in [0, 0.05) is 23.3 Å². The molecule has 0 radical (unpaired) electrons. The van der Waals surface area contributed by atoms with E-state index in [2.05, 4.69) is 65.1 Å². The SMILES string of the molecule is CC(C)CC(CN(C)C)Nc1cncc(Br)c1. The molecule has 1 N–H and O–H groups in total. The minimum absolute atomic E-state index is 0.459. The van der Waals surface area contributed by atoms with Gasteiger partial charge in [0.2, 0.25) is 0 Å². The summed E-state index contributed by atoms with van der Waals surface area (Å²) in [5.41, 5.74) is 1.08. The van der Waals surface area contributed by atoms with Crippen molar-refractivity contribution in [1.29, 1.82) is 0 Å². The molecule has 0 aromatic carbocycles. The maximum Gasteiger partial charge on any atom is 0.0540 e. The van der Waals surface area contributed by atoms with E-state index in [0.717, 1.165) is 23.1 Å². The molecule has 0 bridgehead atoms. The molecule has 96 valence electrons. The summed E-state index contributed by atoms with van der Waals surface area (Å²) >= 11 is 3.44. The van der Waals surface area contributed by atoms with Gasteiger partial charge in [-0.05, 0) is 48.4 Å². The molecule has 17 heavy (non-hydrogen) atoms. The lowest BCUT2D eigenvalue weighted by Crippen LogP contribution is -2.33. The first-order valence-corrected chi connectivity index (χ1v) is 6.78. The Labute approximate surface area is 113 Å². The van der Waals surface area contributed by atoms with Crippen molar-refractivity contribution in [3.63, 3.8) is 0 Å². The molecule has 1 aromatic heterocycles. The number of aromatic nitrogens is 1. The van der Waals surface area contributed by atoms with Crippen LogP contribution in [0.4, 0.5) is 5.69 Å². The van der Waals surface area contributed by atoms with Gasteiger partial charge in [0.25, 0.3) is 0 Å². The van der Waals surface area contributed by atoms with E-state index in [4.69, 9.17) is 0 Å². The highest BCUT2D eigenvalue weighted by molar-refractivity contribution is 9.10. The van der Waals surface area contributed by atoms with E-state index < -0.39 is 0 Å². The van der Waals surface area contributed by atoms with E-state index in [1.165, 1.54) is 0 Å². The summed E-state index contributed by atoms with van der Waals surface area (Å²) in [6, 6.07) is 2.52. The quantitative estimate of drug-likeness (QED) is 0.874. The maximum absolute atomic E-state index is 4.17. The molecule has 3 nitrogen and oxygen atoms in total. The first kappa shape index (κ1) is 14.5. The highest BCUT2D eigenvalue weighted by atomic mass is 79.9. The molecule has 1 unspecified atom stereocenters. The lowest BCUT2D eigenvalue weighted by atomic mass is 10.0. The number of hydrogen-bond donors (Lipinski definition) is 1. The second kappa shape index (κ2) is 6.97. The Morgan fingerprint density at radius 1 is 1.35 bits per heavy atom. The van der Waals surface area contributed by atoms with Crippen molar-refractivity contribution in [3.05, 3.63) is 22.9 Å². The van der Waals surface area contributed by atoms with E-state index >= 15 is 0 Å². The normalized spacial score (nSPS) is 13.1. The molecule has 0 spiro atoms. The van der Waals surface area contributed by atoms with Gasteiger partial charge in [-0.25, -0.2) is 0 Å². The number of rotatable bonds is 6. The number of hydrogen-bond acceptors (Lipinski definition) is 3. The van der Waals surface area contributed by atoms with Gasteiger partial charge < -0.3 is 10.2 Å². The summed E-state index contributed by atoms with van der Waals surface area (Å²) in [5, 5.41) is 3.55. The predicted molar refractivity (Wildman–Crippen MR) is 77.4 cm³/mol. The molecular weight excluding hydrogens is 278 g/mol. The van der Waals surface area contributed by atoms with Crippen molar-refractivity contribution in [2.24, 2.45) is 5.92 Å². The zero-order valence-corrected chi connectivity index (χ0v) is 12.7. The third-order valence-electron chi connectivity index (χ3n) is 2.42. The van der Waals surface area contributed by atoms with Crippen LogP contribution in [0.25, 0.3) is 0 Å². The first-order valence-electron chi connectivity index (χ1n) is 5.99. The summed E-state index contributed by atoms with van der Waals surface area (Å²) in [6.07, 6.45) is 4.83. The highest BCUT2D eigenvalue weighted by Crippen LogP contribution is 2.17. The van der Waals surface area contributed by atoms with Gasteiger partial charge in [-0.2, -0.15) is 0 Å². The first-order chi connectivity index (χ1) is 7.97. The van der Waals surface area contributed by atoms with Crippen LogP contribution in [-0.4, -0.2) is 36.6 Å². The van der Waals surface area contributed by atoms with Crippen LogP contribution < -0.4 is 5.32 Å². The Morgan fingerprint density at radius 3 is 2.59 bits per heavy atom. The van der Waals surface area contributed by atoms with Crippen molar-refractivity contribution in [2.45, 2.75) is 26.3 Å².